The van der Waals surface area contributed by atoms with Crippen LogP contribution in [0.25, 0.3) is 6.08 Å². The van der Waals surface area contributed by atoms with E-state index in [9.17, 15) is 9.59 Å². The van der Waals surface area contributed by atoms with Crippen LogP contribution in [-0.2, 0) is 9.59 Å². The van der Waals surface area contributed by atoms with E-state index in [4.69, 9.17) is 21.7 Å². The molecule has 1 heterocycles. The molecule has 0 radical (unpaired) electrons. The normalized spacial score (nSPS) is 16.2. The quantitative estimate of drug-likeness (QED) is 0.365. The van der Waals surface area contributed by atoms with Crippen molar-refractivity contribution in [2.45, 2.75) is 20.0 Å². The fourth-order valence-corrected chi connectivity index (χ4v) is 2.53. The van der Waals surface area contributed by atoms with E-state index in [2.05, 4.69) is 11.9 Å². The first-order valence-corrected chi connectivity index (χ1v) is 8.12. The van der Waals surface area contributed by atoms with E-state index in [1.807, 2.05) is 13.8 Å². The summed E-state index contributed by atoms with van der Waals surface area (Å²) >= 11 is 5.02. The number of hydrogen-bond donors (Lipinski definition) is 1. The number of hydrogen-bond acceptors (Lipinski definition) is 5. The topological polar surface area (TPSA) is 67.9 Å². The second kappa shape index (κ2) is 7.94. The van der Waals surface area contributed by atoms with E-state index in [1.54, 1.807) is 24.3 Å². The molecule has 25 heavy (non-hydrogen) atoms. The fourth-order valence-electron chi connectivity index (χ4n) is 2.28. The highest BCUT2D eigenvalue weighted by molar-refractivity contribution is 7.80. The van der Waals surface area contributed by atoms with Gasteiger partial charge in [0.25, 0.3) is 11.8 Å². The van der Waals surface area contributed by atoms with Gasteiger partial charge in [0.2, 0.25) is 0 Å². The first kappa shape index (κ1) is 18.7. The molecule has 0 saturated carbocycles. The van der Waals surface area contributed by atoms with Crippen LogP contribution < -0.4 is 14.8 Å². The maximum atomic E-state index is 12.5. The molecule has 1 aliphatic rings. The Morgan fingerprint density at radius 1 is 1.32 bits per heavy atom. The lowest BCUT2D eigenvalue weighted by Gasteiger charge is -2.27. The monoisotopic (exact) mass is 360 g/mol. The molecule has 0 atom stereocenters. The van der Waals surface area contributed by atoms with Crippen molar-refractivity contribution in [1.29, 1.82) is 0 Å². The first-order chi connectivity index (χ1) is 11.9. The van der Waals surface area contributed by atoms with Crippen molar-refractivity contribution < 1.29 is 19.1 Å². The molecule has 1 aliphatic heterocycles. The summed E-state index contributed by atoms with van der Waals surface area (Å²) in [6, 6.07) is 5.19. The molecule has 1 aromatic carbocycles. The van der Waals surface area contributed by atoms with E-state index in [0.717, 1.165) is 0 Å². The minimum Gasteiger partial charge on any atom is -0.493 e. The Morgan fingerprint density at radius 2 is 2.04 bits per heavy atom. The zero-order valence-corrected chi connectivity index (χ0v) is 15.2. The predicted octanol–water partition coefficient (Wildman–Crippen LogP) is 2.30. The molecule has 7 heteroatoms. The predicted molar refractivity (Wildman–Crippen MR) is 99.4 cm³/mol. The van der Waals surface area contributed by atoms with Crippen molar-refractivity contribution >= 4 is 35.2 Å². The van der Waals surface area contributed by atoms with Crippen molar-refractivity contribution in [3.8, 4) is 11.5 Å². The van der Waals surface area contributed by atoms with Gasteiger partial charge in [0, 0.05) is 6.54 Å². The maximum Gasteiger partial charge on any atom is 0.265 e. The summed E-state index contributed by atoms with van der Waals surface area (Å²) in [6.45, 7) is 7.64. The average Bonchev–Trinajstić information content (AvgIpc) is 2.56. The third kappa shape index (κ3) is 4.24. The lowest BCUT2D eigenvalue weighted by Crippen LogP contribution is -2.53. The molecular weight excluding hydrogens is 340 g/mol. The summed E-state index contributed by atoms with van der Waals surface area (Å²) in [5.41, 5.74) is 0.632. The molecule has 0 bridgehead atoms. The fraction of sp³-hybridized carbons (Fsp3) is 0.278. The van der Waals surface area contributed by atoms with E-state index in [1.165, 1.54) is 18.1 Å². The molecule has 0 aliphatic carbocycles. The average molecular weight is 360 g/mol. The molecular formula is C18H20N2O4S. The Balaban J connectivity index is 2.37. The molecule has 2 rings (SSSR count). The summed E-state index contributed by atoms with van der Waals surface area (Å²) in [4.78, 5) is 25.9. The zero-order valence-electron chi connectivity index (χ0n) is 14.4. The second-order valence-electron chi connectivity index (χ2n) is 5.60. The zero-order chi connectivity index (χ0) is 18.6. The summed E-state index contributed by atoms with van der Waals surface area (Å²) in [5, 5.41) is 2.58. The highest BCUT2D eigenvalue weighted by Gasteiger charge is 2.32. The van der Waals surface area contributed by atoms with Gasteiger partial charge in [-0.25, -0.2) is 0 Å². The molecule has 2 amide bonds. The van der Waals surface area contributed by atoms with Gasteiger partial charge in [-0.15, -0.1) is 6.58 Å². The van der Waals surface area contributed by atoms with Crippen LogP contribution in [0.15, 0.2) is 36.4 Å². The minimum atomic E-state index is -0.531. The Morgan fingerprint density at radius 3 is 2.64 bits per heavy atom. The smallest absolute Gasteiger partial charge is 0.265 e. The SMILES string of the molecule is C=CCN1C(=O)/C(=C/c2ccc(OC(C)C)c(OC)c2)C(=O)NC1=S. The van der Waals surface area contributed by atoms with Crippen molar-refractivity contribution in [3.63, 3.8) is 0 Å². The van der Waals surface area contributed by atoms with Gasteiger partial charge in [0.05, 0.1) is 13.2 Å². The largest absolute Gasteiger partial charge is 0.493 e. The van der Waals surface area contributed by atoms with Crippen molar-refractivity contribution in [2.75, 3.05) is 13.7 Å². The van der Waals surface area contributed by atoms with Crippen molar-refractivity contribution in [2.24, 2.45) is 0 Å². The van der Waals surface area contributed by atoms with Crippen molar-refractivity contribution in [1.82, 2.24) is 10.2 Å². The van der Waals surface area contributed by atoms with Gasteiger partial charge in [-0.2, -0.15) is 0 Å². The number of carbonyl (C=O) groups excluding carboxylic acids is 2. The summed E-state index contributed by atoms with van der Waals surface area (Å²) in [7, 11) is 1.53. The van der Waals surface area contributed by atoms with Crippen LogP contribution in [0.5, 0.6) is 11.5 Å². The Hall–Kier alpha value is -2.67. The van der Waals surface area contributed by atoms with Gasteiger partial charge < -0.3 is 9.47 Å². The molecule has 1 saturated heterocycles. The van der Waals surface area contributed by atoms with Gasteiger partial charge in [-0.1, -0.05) is 12.1 Å². The highest BCUT2D eigenvalue weighted by atomic mass is 32.1. The molecule has 0 aromatic heterocycles. The summed E-state index contributed by atoms with van der Waals surface area (Å²) < 4.78 is 11.0. The van der Waals surface area contributed by atoms with Crippen LogP contribution in [0.4, 0.5) is 0 Å². The van der Waals surface area contributed by atoms with Crippen LogP contribution in [0, 0.1) is 0 Å². The van der Waals surface area contributed by atoms with Gasteiger partial charge in [0.15, 0.2) is 16.6 Å². The lowest BCUT2D eigenvalue weighted by atomic mass is 10.1. The van der Waals surface area contributed by atoms with Crippen LogP contribution in [0.3, 0.4) is 0 Å². The number of nitrogens with zero attached hydrogens (tertiary/aromatic N) is 1. The van der Waals surface area contributed by atoms with E-state index in [-0.39, 0.29) is 23.3 Å². The van der Waals surface area contributed by atoms with Gasteiger partial charge in [0.1, 0.15) is 5.57 Å². The van der Waals surface area contributed by atoms with Crippen molar-refractivity contribution in [3.05, 3.63) is 42.0 Å². The van der Waals surface area contributed by atoms with E-state index in [0.29, 0.717) is 17.1 Å². The summed E-state index contributed by atoms with van der Waals surface area (Å²) in [5.74, 6) is 0.116. The first-order valence-electron chi connectivity index (χ1n) is 7.71. The Kier molecular flexibility index (Phi) is 5.93. The lowest BCUT2D eigenvalue weighted by molar-refractivity contribution is -0.128. The molecule has 6 nitrogen and oxygen atoms in total. The maximum absolute atomic E-state index is 12.5. The summed E-state index contributed by atoms with van der Waals surface area (Å²) in [6.07, 6.45) is 3.04. The standard InChI is InChI=1S/C18H20N2O4S/c1-5-8-20-17(22)13(16(21)19-18(20)25)9-12-6-7-14(24-11(2)3)15(10-12)23-4/h5-7,9-11H,1,8H2,2-4H3,(H,19,21,25)/b13-9+. The number of thiocarbonyl (C=S) groups is 1. The number of nitrogens with one attached hydrogen (secondary N) is 1. The third-order valence-corrected chi connectivity index (χ3v) is 3.68. The number of rotatable bonds is 6. The minimum absolute atomic E-state index is 0.00252. The molecule has 1 N–H and O–H groups in total. The van der Waals surface area contributed by atoms with E-state index < -0.39 is 11.8 Å². The molecule has 0 spiro atoms. The van der Waals surface area contributed by atoms with Crippen LogP contribution >= 0.6 is 12.2 Å². The molecule has 1 aromatic rings. The molecule has 1 fully saturated rings. The second-order valence-corrected chi connectivity index (χ2v) is 5.99. The number of benzene rings is 1. The van der Waals surface area contributed by atoms with Gasteiger partial charge >= 0.3 is 0 Å². The number of methoxy groups -OCH3 is 1. The molecule has 132 valence electrons. The number of carbonyl (C=O) groups is 2. The number of ether oxygens (including phenoxy) is 2. The van der Waals surface area contributed by atoms with Gasteiger partial charge in [-0.05, 0) is 49.8 Å². The van der Waals surface area contributed by atoms with Crippen LogP contribution in [0.2, 0.25) is 0 Å². The van der Waals surface area contributed by atoms with Crippen LogP contribution in [0.1, 0.15) is 19.4 Å². The van der Waals surface area contributed by atoms with Gasteiger partial charge in [-0.3, -0.25) is 19.8 Å². The molecule has 0 unspecified atom stereocenters. The van der Waals surface area contributed by atoms with E-state index >= 15 is 0 Å². The third-order valence-electron chi connectivity index (χ3n) is 3.36. The highest BCUT2D eigenvalue weighted by Crippen LogP contribution is 2.30. The number of amides is 2. The Bertz CT molecular complexity index is 755. The van der Waals surface area contributed by atoms with Crippen LogP contribution in [-0.4, -0.2) is 41.6 Å². The Labute approximate surface area is 152 Å².